The summed E-state index contributed by atoms with van der Waals surface area (Å²) < 4.78 is 6.08. The van der Waals surface area contributed by atoms with Gasteiger partial charge in [0.25, 0.3) is 0 Å². The van der Waals surface area contributed by atoms with Gasteiger partial charge in [-0.15, -0.1) is 0 Å². The molecule has 44 heavy (non-hydrogen) atoms. The molecule has 206 valence electrons. The molecule has 6 aromatic carbocycles. The molecule has 2 unspecified atom stereocenters. The lowest BCUT2D eigenvalue weighted by molar-refractivity contribution is 0.418. The van der Waals surface area contributed by atoms with Crippen LogP contribution in [0, 0.1) is 0 Å². The molecule has 6 aromatic rings. The number of rotatable bonds is 4. The number of epoxide rings is 1. The van der Waals surface area contributed by atoms with E-state index in [0.717, 1.165) is 0 Å². The fraction of sp³-hybridized carbons (Fsp3) is 0.0698. The van der Waals surface area contributed by atoms with Crippen LogP contribution in [0.25, 0.3) is 39.0 Å². The molecule has 4 aliphatic rings. The first-order valence-electron chi connectivity index (χ1n) is 15.5. The van der Waals surface area contributed by atoms with Crippen LogP contribution in [0.2, 0.25) is 0 Å². The summed E-state index contributed by atoms with van der Waals surface area (Å²) in [7, 11) is 0. The number of fused-ring (bicyclic) bond motifs is 8. The van der Waals surface area contributed by atoms with Gasteiger partial charge in [0.15, 0.2) is 0 Å². The van der Waals surface area contributed by atoms with E-state index in [0.29, 0.717) is 0 Å². The van der Waals surface area contributed by atoms with E-state index in [2.05, 4.69) is 158 Å². The Morgan fingerprint density at radius 2 is 1.02 bits per heavy atom. The molecule has 0 N–H and O–H groups in total. The van der Waals surface area contributed by atoms with Gasteiger partial charge < -0.3 is 4.74 Å². The average Bonchev–Trinajstić information content (AvgIpc) is 3.79. The minimum Gasteiger partial charge on any atom is -0.360 e. The lowest BCUT2D eigenvalue weighted by Crippen LogP contribution is -2.28. The van der Waals surface area contributed by atoms with Gasteiger partial charge in [-0.25, -0.2) is 0 Å². The van der Waals surface area contributed by atoms with Crippen molar-refractivity contribution in [1.29, 1.82) is 0 Å². The molecule has 1 fully saturated rings. The summed E-state index contributed by atoms with van der Waals surface area (Å²) in [5.74, 6) is 0. The molecule has 0 aromatic heterocycles. The molecule has 1 aliphatic heterocycles. The molecule has 2 atom stereocenters. The molecule has 3 aliphatic carbocycles. The minimum atomic E-state index is -0.401. The van der Waals surface area contributed by atoms with Gasteiger partial charge in [0.2, 0.25) is 0 Å². The third-order valence-corrected chi connectivity index (χ3v) is 10.1. The van der Waals surface area contributed by atoms with Crippen molar-refractivity contribution < 1.29 is 4.74 Å². The van der Waals surface area contributed by atoms with Gasteiger partial charge in [0, 0.05) is 5.57 Å². The molecular formula is C43H28O. The monoisotopic (exact) mass is 560 g/mol. The van der Waals surface area contributed by atoms with E-state index in [1.54, 1.807) is 0 Å². The van der Waals surface area contributed by atoms with E-state index in [4.69, 9.17) is 4.74 Å². The highest BCUT2D eigenvalue weighted by molar-refractivity contribution is 6.25. The van der Waals surface area contributed by atoms with Crippen molar-refractivity contribution in [3.63, 3.8) is 0 Å². The standard InChI is InChI=1S/C43H28O/c1-2-15-30(16-3-1)43(37-22-8-6-18-32(37)33-19-7-9-23-38(33)43)31-17-11-13-28(25-31)27-12-10-14-29(24-27)36-26-39-42(44-39)41-35-21-5-4-20-34(35)40(36)41/h1-26,39,42H. The fourth-order valence-corrected chi connectivity index (χ4v) is 8.22. The van der Waals surface area contributed by atoms with Crippen molar-refractivity contribution in [3.8, 4) is 22.3 Å². The Bertz CT molecular complexity index is 2170. The fourth-order valence-electron chi connectivity index (χ4n) is 8.22. The predicted octanol–water partition coefficient (Wildman–Crippen LogP) is 9.81. The predicted molar refractivity (Wildman–Crippen MR) is 179 cm³/mol. The van der Waals surface area contributed by atoms with Gasteiger partial charge in [0.1, 0.15) is 12.2 Å². The number of allylic oxidation sites excluding steroid dienone is 2. The molecule has 10 rings (SSSR count). The normalized spacial score (nSPS) is 19.5. The molecular weight excluding hydrogens is 532 g/mol. The van der Waals surface area contributed by atoms with Gasteiger partial charge in [-0.1, -0.05) is 140 Å². The Hall–Kier alpha value is -5.24. The summed E-state index contributed by atoms with van der Waals surface area (Å²) in [6.45, 7) is 0. The quantitative estimate of drug-likeness (QED) is 0.195. The Balaban J connectivity index is 1.14. The second-order valence-electron chi connectivity index (χ2n) is 12.3. The maximum Gasteiger partial charge on any atom is 0.114 e. The van der Waals surface area contributed by atoms with E-state index in [1.807, 2.05) is 0 Å². The Kier molecular flexibility index (Phi) is 4.90. The van der Waals surface area contributed by atoms with Crippen molar-refractivity contribution in [2.24, 2.45) is 0 Å². The summed E-state index contributed by atoms with van der Waals surface area (Å²) in [6.07, 6.45) is 2.76. The topological polar surface area (TPSA) is 12.5 Å². The van der Waals surface area contributed by atoms with Gasteiger partial charge in [0.05, 0.1) is 5.41 Å². The number of benzene rings is 6. The molecule has 0 saturated carbocycles. The largest absolute Gasteiger partial charge is 0.360 e. The SMILES string of the molecule is C1=C(c2cccc(-c3cccc(C4(c5ccccc5)c5ccccc5-c5ccccc54)c3)c2)C2=C(c3ccccc32)C2OC12. The second kappa shape index (κ2) is 8.89. The van der Waals surface area contributed by atoms with E-state index >= 15 is 0 Å². The van der Waals surface area contributed by atoms with Crippen LogP contribution in [0.3, 0.4) is 0 Å². The molecule has 0 spiro atoms. The van der Waals surface area contributed by atoms with Crippen molar-refractivity contribution in [2.45, 2.75) is 17.6 Å². The van der Waals surface area contributed by atoms with Crippen LogP contribution in [0.4, 0.5) is 0 Å². The third kappa shape index (κ3) is 3.17. The van der Waals surface area contributed by atoms with Crippen LogP contribution < -0.4 is 0 Å². The smallest absolute Gasteiger partial charge is 0.114 e. The third-order valence-electron chi connectivity index (χ3n) is 10.1. The average molecular weight is 561 g/mol. The van der Waals surface area contributed by atoms with Crippen LogP contribution in [-0.2, 0) is 10.2 Å². The molecule has 1 nitrogen and oxygen atoms in total. The number of hydrogen-bond acceptors (Lipinski definition) is 1. The highest BCUT2D eigenvalue weighted by Gasteiger charge is 2.50. The summed E-state index contributed by atoms with van der Waals surface area (Å²) in [5, 5.41) is 0. The van der Waals surface area contributed by atoms with Crippen LogP contribution in [0.1, 0.15) is 38.9 Å². The van der Waals surface area contributed by atoms with Crippen LogP contribution >= 0.6 is 0 Å². The zero-order chi connectivity index (χ0) is 28.8. The summed E-state index contributed by atoms with van der Waals surface area (Å²) in [4.78, 5) is 0. The second-order valence-corrected chi connectivity index (χ2v) is 12.3. The molecule has 0 radical (unpaired) electrons. The first-order valence-corrected chi connectivity index (χ1v) is 15.5. The molecule has 0 bridgehead atoms. The zero-order valence-electron chi connectivity index (χ0n) is 24.1. The van der Waals surface area contributed by atoms with Gasteiger partial charge >= 0.3 is 0 Å². The highest BCUT2D eigenvalue weighted by Crippen LogP contribution is 2.58. The van der Waals surface area contributed by atoms with Gasteiger partial charge in [-0.3, -0.25) is 0 Å². The van der Waals surface area contributed by atoms with Crippen molar-refractivity contribution >= 4 is 16.7 Å². The maximum absolute atomic E-state index is 6.08. The van der Waals surface area contributed by atoms with E-state index in [1.165, 1.54) is 77.9 Å². The molecule has 1 saturated heterocycles. The summed E-state index contributed by atoms with van der Waals surface area (Å²) >= 11 is 0. The maximum atomic E-state index is 6.08. The number of hydrogen-bond donors (Lipinski definition) is 0. The van der Waals surface area contributed by atoms with Crippen LogP contribution in [0.15, 0.2) is 158 Å². The first kappa shape index (κ1) is 24.2. The summed E-state index contributed by atoms with van der Waals surface area (Å²) in [5.41, 5.74) is 17.9. The molecule has 1 heterocycles. The van der Waals surface area contributed by atoms with Crippen LogP contribution in [0.5, 0.6) is 0 Å². The number of ether oxygens (including phenoxy) is 1. The van der Waals surface area contributed by atoms with Crippen molar-refractivity contribution in [3.05, 3.63) is 197 Å². The summed E-state index contributed by atoms with van der Waals surface area (Å²) in [6, 6.07) is 56.0. The Labute approximate surface area is 257 Å². The molecule has 1 heteroatoms. The van der Waals surface area contributed by atoms with Crippen molar-refractivity contribution in [1.82, 2.24) is 0 Å². The zero-order valence-corrected chi connectivity index (χ0v) is 24.1. The Morgan fingerprint density at radius 1 is 0.455 bits per heavy atom. The lowest BCUT2D eigenvalue weighted by atomic mass is 9.67. The van der Waals surface area contributed by atoms with Gasteiger partial charge in [-0.05, 0) is 90.6 Å². The highest BCUT2D eigenvalue weighted by atomic mass is 16.6. The Morgan fingerprint density at radius 3 is 1.77 bits per heavy atom. The first-order chi connectivity index (χ1) is 21.8. The van der Waals surface area contributed by atoms with E-state index in [9.17, 15) is 0 Å². The van der Waals surface area contributed by atoms with Crippen molar-refractivity contribution in [2.75, 3.05) is 0 Å². The van der Waals surface area contributed by atoms with Gasteiger partial charge in [-0.2, -0.15) is 0 Å². The minimum absolute atomic E-state index is 0.192. The lowest BCUT2D eigenvalue weighted by Gasteiger charge is -2.34. The van der Waals surface area contributed by atoms with Crippen LogP contribution in [-0.4, -0.2) is 12.2 Å². The molecule has 0 amide bonds. The van der Waals surface area contributed by atoms with E-state index < -0.39 is 5.41 Å². The van der Waals surface area contributed by atoms with E-state index in [-0.39, 0.29) is 12.2 Å².